The van der Waals surface area contributed by atoms with Crippen LogP contribution in [0.15, 0.2) is 48.5 Å². The van der Waals surface area contributed by atoms with Gasteiger partial charge in [0.25, 0.3) is 0 Å². The molecule has 1 amide bonds. The number of anilines is 1. The molecule has 0 radical (unpaired) electrons. The number of rotatable bonds is 9. The first kappa shape index (κ1) is 23.5. The Morgan fingerprint density at radius 3 is 2.55 bits per heavy atom. The summed E-state index contributed by atoms with van der Waals surface area (Å²) in [5.41, 5.74) is 3.01. The molecule has 1 saturated heterocycles. The van der Waals surface area contributed by atoms with Gasteiger partial charge in [-0.3, -0.25) is 14.5 Å². The lowest BCUT2D eigenvalue weighted by atomic mass is 10.1. The van der Waals surface area contributed by atoms with Gasteiger partial charge in [0.05, 0.1) is 7.11 Å². The third-order valence-electron chi connectivity index (χ3n) is 5.73. The van der Waals surface area contributed by atoms with E-state index in [9.17, 15) is 4.79 Å². The fourth-order valence-electron chi connectivity index (χ4n) is 3.79. The summed E-state index contributed by atoms with van der Waals surface area (Å²) in [5, 5.41) is 10.1. The third kappa shape index (κ3) is 6.46. The summed E-state index contributed by atoms with van der Waals surface area (Å²) >= 11 is 7.41. The average molecular weight is 484 g/mol. The lowest BCUT2D eigenvalue weighted by Crippen LogP contribution is -2.34. The Labute approximate surface area is 203 Å². The molecule has 4 rings (SSSR count). The van der Waals surface area contributed by atoms with Crippen molar-refractivity contribution < 1.29 is 9.53 Å². The maximum absolute atomic E-state index is 12.6. The van der Waals surface area contributed by atoms with Gasteiger partial charge in [-0.1, -0.05) is 12.1 Å². The number of benzene rings is 2. The molecule has 1 aliphatic rings. The van der Waals surface area contributed by atoms with E-state index in [1.807, 2.05) is 52.7 Å². The van der Waals surface area contributed by atoms with E-state index in [2.05, 4.69) is 32.5 Å². The lowest BCUT2D eigenvalue weighted by Gasteiger charge is -2.26. The Morgan fingerprint density at radius 1 is 1.12 bits per heavy atom. The zero-order valence-electron chi connectivity index (χ0n) is 18.8. The van der Waals surface area contributed by atoms with Crippen molar-refractivity contribution in [2.75, 3.05) is 43.6 Å². The van der Waals surface area contributed by atoms with Crippen molar-refractivity contribution in [1.82, 2.24) is 19.7 Å². The molecule has 0 unspecified atom stereocenters. The normalized spacial score (nSPS) is 14.2. The molecule has 1 fully saturated rings. The smallest absolute Gasteiger partial charge is 0.226 e. The molecule has 0 spiro atoms. The van der Waals surface area contributed by atoms with Gasteiger partial charge in [0.2, 0.25) is 5.91 Å². The summed E-state index contributed by atoms with van der Waals surface area (Å²) in [5.74, 6) is 3.88. The first-order chi connectivity index (χ1) is 16.1. The molecule has 1 aliphatic heterocycles. The highest BCUT2D eigenvalue weighted by Crippen LogP contribution is 2.21. The van der Waals surface area contributed by atoms with E-state index in [0.29, 0.717) is 23.6 Å². The van der Waals surface area contributed by atoms with E-state index in [1.165, 1.54) is 30.2 Å². The molecule has 0 aliphatic carbocycles. The fraction of sp³-hybridized carbons (Fsp3) is 0.375. The van der Waals surface area contributed by atoms with Gasteiger partial charge in [-0.05, 0) is 60.6 Å². The highest BCUT2D eigenvalue weighted by Gasteiger charge is 2.12. The molecule has 174 valence electrons. The minimum atomic E-state index is -0.0580. The molecule has 0 atom stereocenters. The number of H-pyrrole nitrogens is 1. The van der Waals surface area contributed by atoms with Crippen molar-refractivity contribution in [2.45, 2.75) is 19.4 Å². The monoisotopic (exact) mass is 483 g/mol. The van der Waals surface area contributed by atoms with Gasteiger partial charge in [-0.15, -0.1) is 0 Å². The number of amides is 1. The lowest BCUT2D eigenvalue weighted by molar-refractivity contribution is -0.116. The summed E-state index contributed by atoms with van der Waals surface area (Å²) in [6.45, 7) is 3.89. The SMILES string of the molecule is COc1ccc(-c2n[nH]c(=S)n2CCC(=O)Nc2ccc(CCN3CCSCC3)cc2)cc1. The Morgan fingerprint density at radius 2 is 1.85 bits per heavy atom. The number of hydrogen-bond acceptors (Lipinski definition) is 6. The molecule has 2 heterocycles. The highest BCUT2D eigenvalue weighted by molar-refractivity contribution is 7.99. The van der Waals surface area contributed by atoms with Gasteiger partial charge in [0.15, 0.2) is 10.6 Å². The number of carbonyl (C=O) groups is 1. The molecular weight excluding hydrogens is 454 g/mol. The number of methoxy groups -OCH3 is 1. The van der Waals surface area contributed by atoms with Crippen LogP contribution < -0.4 is 10.1 Å². The summed E-state index contributed by atoms with van der Waals surface area (Å²) < 4.78 is 7.55. The maximum atomic E-state index is 12.6. The summed E-state index contributed by atoms with van der Waals surface area (Å²) in [6.07, 6.45) is 1.33. The van der Waals surface area contributed by atoms with Crippen LogP contribution in [0.25, 0.3) is 11.4 Å². The van der Waals surface area contributed by atoms with Crippen molar-refractivity contribution in [1.29, 1.82) is 0 Å². The predicted octanol–water partition coefficient (Wildman–Crippen LogP) is 4.24. The molecule has 0 saturated carbocycles. The topological polar surface area (TPSA) is 75.2 Å². The van der Waals surface area contributed by atoms with Crippen LogP contribution in [0.5, 0.6) is 5.75 Å². The van der Waals surface area contributed by atoms with Gasteiger partial charge >= 0.3 is 0 Å². The Balaban J connectivity index is 1.29. The Kier molecular flexibility index (Phi) is 8.20. The van der Waals surface area contributed by atoms with E-state index in [4.69, 9.17) is 17.0 Å². The van der Waals surface area contributed by atoms with Gasteiger partial charge in [0.1, 0.15) is 5.75 Å². The van der Waals surface area contributed by atoms with Crippen LogP contribution in [-0.2, 0) is 17.8 Å². The van der Waals surface area contributed by atoms with Crippen LogP contribution in [-0.4, -0.2) is 63.8 Å². The van der Waals surface area contributed by atoms with E-state index in [1.54, 1.807) is 7.11 Å². The molecule has 0 bridgehead atoms. The highest BCUT2D eigenvalue weighted by atomic mass is 32.2. The summed E-state index contributed by atoms with van der Waals surface area (Å²) in [4.78, 5) is 15.1. The fourth-order valence-corrected chi connectivity index (χ4v) is 4.99. The number of ether oxygens (including phenoxy) is 1. The molecular formula is C24H29N5O2S2. The molecule has 1 aromatic heterocycles. The van der Waals surface area contributed by atoms with Crippen LogP contribution in [0, 0.1) is 4.77 Å². The van der Waals surface area contributed by atoms with E-state index in [-0.39, 0.29) is 5.91 Å². The van der Waals surface area contributed by atoms with Crippen molar-refractivity contribution in [3.8, 4) is 17.1 Å². The zero-order chi connectivity index (χ0) is 23.0. The Bertz CT molecular complexity index is 1100. The van der Waals surface area contributed by atoms with Gasteiger partial charge in [0, 0.05) is 55.4 Å². The third-order valence-corrected chi connectivity index (χ3v) is 6.98. The second-order valence-corrected chi connectivity index (χ2v) is 9.54. The molecule has 2 aromatic carbocycles. The molecule has 33 heavy (non-hydrogen) atoms. The van der Waals surface area contributed by atoms with Crippen LogP contribution >= 0.6 is 24.0 Å². The second kappa shape index (κ2) is 11.5. The van der Waals surface area contributed by atoms with Crippen LogP contribution in [0.2, 0.25) is 0 Å². The summed E-state index contributed by atoms with van der Waals surface area (Å²) in [7, 11) is 1.63. The minimum absolute atomic E-state index is 0.0580. The van der Waals surface area contributed by atoms with Crippen molar-refractivity contribution in [3.05, 3.63) is 58.9 Å². The number of nitrogens with zero attached hydrogens (tertiary/aromatic N) is 3. The largest absolute Gasteiger partial charge is 0.497 e. The van der Waals surface area contributed by atoms with Crippen molar-refractivity contribution in [3.63, 3.8) is 0 Å². The first-order valence-corrected chi connectivity index (χ1v) is 12.7. The van der Waals surface area contributed by atoms with Gasteiger partial charge in [-0.25, -0.2) is 0 Å². The molecule has 9 heteroatoms. The maximum Gasteiger partial charge on any atom is 0.226 e. The van der Waals surface area contributed by atoms with Crippen molar-refractivity contribution >= 4 is 35.6 Å². The van der Waals surface area contributed by atoms with Crippen LogP contribution in [0.4, 0.5) is 5.69 Å². The zero-order valence-corrected chi connectivity index (χ0v) is 20.4. The average Bonchev–Trinajstić information content (AvgIpc) is 3.23. The number of nitrogens with one attached hydrogen (secondary N) is 2. The van der Waals surface area contributed by atoms with Crippen LogP contribution in [0.3, 0.4) is 0 Å². The second-order valence-electron chi connectivity index (χ2n) is 7.93. The van der Waals surface area contributed by atoms with E-state index >= 15 is 0 Å². The first-order valence-electron chi connectivity index (χ1n) is 11.1. The molecule has 2 N–H and O–H groups in total. The number of thioether (sulfide) groups is 1. The van der Waals surface area contributed by atoms with Gasteiger partial charge in [-0.2, -0.15) is 16.9 Å². The number of carbonyl (C=O) groups excluding carboxylic acids is 1. The van der Waals surface area contributed by atoms with Gasteiger partial charge < -0.3 is 15.0 Å². The minimum Gasteiger partial charge on any atom is -0.497 e. The van der Waals surface area contributed by atoms with E-state index in [0.717, 1.165) is 30.0 Å². The number of hydrogen-bond donors (Lipinski definition) is 2. The van der Waals surface area contributed by atoms with Crippen molar-refractivity contribution in [2.24, 2.45) is 0 Å². The Hall–Kier alpha value is -2.62. The molecule has 7 nitrogen and oxygen atoms in total. The predicted molar refractivity (Wildman–Crippen MR) is 137 cm³/mol. The summed E-state index contributed by atoms with van der Waals surface area (Å²) in [6, 6.07) is 15.7. The standard InChI is InChI=1S/C24H29N5O2S2/c1-31-21-8-4-19(5-9-21)23-26-27-24(32)29(23)13-11-22(30)25-20-6-2-18(3-7-20)10-12-28-14-16-33-17-15-28/h2-9H,10-17H2,1H3,(H,25,30)(H,27,32). The quantitative estimate of drug-likeness (QED) is 0.444. The number of aromatic amines is 1. The van der Waals surface area contributed by atoms with Crippen LogP contribution in [0.1, 0.15) is 12.0 Å². The molecule has 3 aromatic rings. The number of aromatic nitrogens is 3. The van der Waals surface area contributed by atoms with E-state index < -0.39 is 0 Å².